The number of hydrogen-bond acceptors (Lipinski definition) is 4. The molecule has 2 aromatic rings. The van der Waals surface area contributed by atoms with E-state index in [4.69, 9.17) is 0 Å². The van der Waals surface area contributed by atoms with Crippen LogP contribution in [0.25, 0.3) is 0 Å². The van der Waals surface area contributed by atoms with Crippen molar-refractivity contribution in [1.29, 1.82) is 0 Å². The summed E-state index contributed by atoms with van der Waals surface area (Å²) in [5.41, 5.74) is 0.481. The van der Waals surface area contributed by atoms with Gasteiger partial charge in [0.05, 0.1) is 4.92 Å². The number of aromatic nitrogens is 2. The zero-order chi connectivity index (χ0) is 11.5. The summed E-state index contributed by atoms with van der Waals surface area (Å²) in [4.78, 5) is 14.1. The lowest BCUT2D eigenvalue weighted by Crippen LogP contribution is -2.23. The average Bonchev–Trinajstić information content (AvgIpc) is 2.81. The standard InChI is InChI=1S/C10H10N4O2.ClH/c1-12(13-6-2-3-7-13)9-4-5-11-8-10(9)14(15)16;/h2-8H,1H3;1H. The minimum atomic E-state index is -0.442. The molecule has 0 aliphatic heterocycles. The summed E-state index contributed by atoms with van der Waals surface area (Å²) in [6, 6.07) is 5.31. The van der Waals surface area contributed by atoms with E-state index in [9.17, 15) is 10.1 Å². The molecule has 2 aromatic heterocycles. The summed E-state index contributed by atoms with van der Waals surface area (Å²) in [5, 5.41) is 12.5. The molecular formula is C10H11ClN4O2. The summed E-state index contributed by atoms with van der Waals surface area (Å²) < 4.78 is 1.75. The molecule has 0 bridgehead atoms. The van der Waals surface area contributed by atoms with Crippen molar-refractivity contribution in [3.63, 3.8) is 0 Å². The van der Waals surface area contributed by atoms with Gasteiger partial charge in [-0.2, -0.15) is 0 Å². The smallest absolute Gasteiger partial charge is 0.278 e. The van der Waals surface area contributed by atoms with E-state index in [1.807, 2.05) is 24.5 Å². The molecule has 2 heterocycles. The Labute approximate surface area is 104 Å². The van der Waals surface area contributed by atoms with Gasteiger partial charge in [-0.1, -0.05) is 0 Å². The van der Waals surface area contributed by atoms with Crippen molar-refractivity contribution < 1.29 is 4.92 Å². The van der Waals surface area contributed by atoms with Gasteiger partial charge in [-0.05, 0) is 18.2 Å². The van der Waals surface area contributed by atoms with E-state index in [0.717, 1.165) is 0 Å². The molecule has 0 aliphatic carbocycles. The Morgan fingerprint density at radius 3 is 2.65 bits per heavy atom. The summed E-state index contributed by atoms with van der Waals surface area (Å²) in [7, 11) is 1.75. The number of nitro groups is 1. The van der Waals surface area contributed by atoms with Crippen molar-refractivity contribution >= 4 is 23.8 Å². The molecule has 90 valence electrons. The molecule has 0 saturated heterocycles. The quantitative estimate of drug-likeness (QED) is 0.622. The topological polar surface area (TPSA) is 64.2 Å². The molecule has 0 unspecified atom stereocenters. The van der Waals surface area contributed by atoms with E-state index in [-0.39, 0.29) is 18.1 Å². The first-order chi connectivity index (χ1) is 7.70. The zero-order valence-electron chi connectivity index (χ0n) is 9.06. The highest BCUT2D eigenvalue weighted by atomic mass is 35.5. The van der Waals surface area contributed by atoms with Crippen LogP contribution in [0.2, 0.25) is 0 Å². The van der Waals surface area contributed by atoms with Crippen molar-refractivity contribution in [3.8, 4) is 0 Å². The van der Waals surface area contributed by atoms with E-state index in [1.54, 1.807) is 22.8 Å². The van der Waals surface area contributed by atoms with E-state index >= 15 is 0 Å². The number of rotatable bonds is 3. The van der Waals surface area contributed by atoms with Crippen molar-refractivity contribution in [2.24, 2.45) is 0 Å². The second-order valence-corrected chi connectivity index (χ2v) is 3.21. The molecular weight excluding hydrogens is 244 g/mol. The normalized spacial score (nSPS) is 9.47. The van der Waals surface area contributed by atoms with Gasteiger partial charge in [0.1, 0.15) is 11.9 Å². The summed E-state index contributed by atoms with van der Waals surface area (Å²) in [6.45, 7) is 0. The van der Waals surface area contributed by atoms with Crippen molar-refractivity contribution in [2.75, 3.05) is 12.1 Å². The van der Waals surface area contributed by atoms with Gasteiger partial charge >= 0.3 is 5.69 Å². The second-order valence-electron chi connectivity index (χ2n) is 3.21. The fourth-order valence-electron chi connectivity index (χ4n) is 1.44. The van der Waals surface area contributed by atoms with Gasteiger partial charge in [0.25, 0.3) is 0 Å². The van der Waals surface area contributed by atoms with Crippen molar-refractivity contribution in [2.45, 2.75) is 0 Å². The molecule has 0 radical (unpaired) electrons. The van der Waals surface area contributed by atoms with Crippen molar-refractivity contribution in [3.05, 3.63) is 53.1 Å². The van der Waals surface area contributed by atoms with Gasteiger partial charge in [0.15, 0.2) is 0 Å². The largest absolute Gasteiger partial charge is 0.312 e. The van der Waals surface area contributed by atoms with E-state index in [2.05, 4.69) is 4.98 Å². The molecule has 17 heavy (non-hydrogen) atoms. The minimum absolute atomic E-state index is 0. The Kier molecular flexibility index (Phi) is 4.06. The molecule has 0 atom stereocenters. The minimum Gasteiger partial charge on any atom is -0.278 e. The molecule has 0 spiro atoms. The maximum absolute atomic E-state index is 10.8. The van der Waals surface area contributed by atoms with Crippen LogP contribution in [0.4, 0.5) is 11.4 Å². The Morgan fingerprint density at radius 2 is 2.06 bits per heavy atom. The van der Waals surface area contributed by atoms with Crippen LogP contribution in [0.1, 0.15) is 0 Å². The van der Waals surface area contributed by atoms with Gasteiger partial charge in [-0.15, -0.1) is 12.4 Å². The molecule has 6 nitrogen and oxygen atoms in total. The van der Waals surface area contributed by atoms with Crippen LogP contribution < -0.4 is 5.01 Å². The second kappa shape index (κ2) is 5.31. The maximum Gasteiger partial charge on any atom is 0.312 e. The third kappa shape index (κ3) is 2.54. The van der Waals surface area contributed by atoms with Crippen molar-refractivity contribution in [1.82, 2.24) is 9.66 Å². The Morgan fingerprint density at radius 1 is 1.41 bits per heavy atom. The fourth-order valence-corrected chi connectivity index (χ4v) is 1.44. The molecule has 2 rings (SSSR count). The monoisotopic (exact) mass is 254 g/mol. The lowest BCUT2D eigenvalue weighted by atomic mass is 10.3. The van der Waals surface area contributed by atoms with E-state index in [1.165, 1.54) is 12.4 Å². The average molecular weight is 255 g/mol. The zero-order valence-corrected chi connectivity index (χ0v) is 9.87. The van der Waals surface area contributed by atoms with Gasteiger partial charge in [0.2, 0.25) is 0 Å². The lowest BCUT2D eigenvalue weighted by Gasteiger charge is -2.19. The maximum atomic E-state index is 10.8. The predicted molar refractivity (Wildman–Crippen MR) is 66.4 cm³/mol. The van der Waals surface area contributed by atoms with Gasteiger partial charge in [-0.3, -0.25) is 24.8 Å². The first kappa shape index (κ1) is 13.0. The first-order valence-corrected chi connectivity index (χ1v) is 4.65. The van der Waals surface area contributed by atoms with Crippen LogP contribution in [-0.2, 0) is 0 Å². The van der Waals surface area contributed by atoms with Crippen LogP contribution in [0, 0.1) is 10.1 Å². The highest BCUT2D eigenvalue weighted by molar-refractivity contribution is 5.85. The van der Waals surface area contributed by atoms with Gasteiger partial charge in [0, 0.05) is 25.6 Å². The van der Waals surface area contributed by atoms with E-state index in [0.29, 0.717) is 5.69 Å². The summed E-state index contributed by atoms with van der Waals surface area (Å²) in [5.74, 6) is 0. The number of halogens is 1. The van der Waals surface area contributed by atoms with E-state index < -0.39 is 4.92 Å². The number of hydrogen-bond donors (Lipinski definition) is 0. The third-order valence-electron chi connectivity index (χ3n) is 2.26. The predicted octanol–water partition coefficient (Wildman–Crippen LogP) is 2.11. The Balaban J connectivity index is 0.00000144. The SMILES string of the molecule is CN(c1ccncc1[N+](=O)[O-])n1cccc1.Cl. The lowest BCUT2D eigenvalue weighted by molar-refractivity contribution is -0.384. The number of pyridine rings is 1. The van der Waals surface area contributed by atoms with Crippen LogP contribution >= 0.6 is 12.4 Å². The molecule has 0 fully saturated rings. The molecule has 0 aliphatic rings. The molecule has 0 N–H and O–H groups in total. The van der Waals surface area contributed by atoms with Crippen LogP contribution in [-0.4, -0.2) is 21.6 Å². The highest BCUT2D eigenvalue weighted by Crippen LogP contribution is 2.25. The first-order valence-electron chi connectivity index (χ1n) is 4.65. The third-order valence-corrected chi connectivity index (χ3v) is 2.26. The Hall–Kier alpha value is -2.08. The number of anilines is 1. The van der Waals surface area contributed by atoms with Gasteiger partial charge in [-0.25, -0.2) is 0 Å². The highest BCUT2D eigenvalue weighted by Gasteiger charge is 2.17. The van der Waals surface area contributed by atoms with Crippen LogP contribution in [0.15, 0.2) is 43.0 Å². The molecule has 0 aromatic carbocycles. The fraction of sp³-hybridized carbons (Fsp3) is 0.100. The molecule has 7 heteroatoms. The molecule has 0 saturated carbocycles. The number of nitrogens with zero attached hydrogens (tertiary/aromatic N) is 4. The van der Waals surface area contributed by atoms with Crippen LogP contribution in [0.5, 0.6) is 0 Å². The van der Waals surface area contributed by atoms with Crippen LogP contribution in [0.3, 0.4) is 0 Å². The Bertz CT molecular complexity index is 501. The summed E-state index contributed by atoms with van der Waals surface area (Å²) in [6.07, 6.45) is 6.39. The molecule has 0 amide bonds. The van der Waals surface area contributed by atoms with Gasteiger partial charge < -0.3 is 0 Å². The summed E-state index contributed by atoms with van der Waals surface area (Å²) >= 11 is 0.